The minimum Gasteiger partial charge on any atom is -0.320 e. The lowest BCUT2D eigenvalue weighted by Crippen LogP contribution is -2.28. The maximum absolute atomic E-state index is 10.1. The molecule has 0 saturated carbocycles. The summed E-state index contributed by atoms with van der Waals surface area (Å²) in [5.74, 6) is 0.363. The Morgan fingerprint density at radius 1 is 1.86 bits per heavy atom. The largest absolute Gasteiger partial charge is 0.320 e. The molecule has 0 aliphatic heterocycles. The van der Waals surface area contributed by atoms with E-state index in [2.05, 4.69) is 25.3 Å². The van der Waals surface area contributed by atoms with Crippen molar-refractivity contribution < 1.29 is 4.79 Å². The van der Waals surface area contributed by atoms with Gasteiger partial charge in [-0.2, -0.15) is 12.6 Å². The second-order valence-corrected chi connectivity index (χ2v) is 1.93. The second kappa shape index (κ2) is 3.35. The van der Waals surface area contributed by atoms with Crippen LogP contribution in [0.1, 0.15) is 0 Å². The summed E-state index contributed by atoms with van der Waals surface area (Å²) in [6, 6.07) is -0.508. The van der Waals surface area contributed by atoms with Gasteiger partial charge < -0.3 is 5.73 Å². The Morgan fingerprint density at radius 3 is 2.29 bits per heavy atom. The molecule has 0 aliphatic rings. The van der Waals surface area contributed by atoms with E-state index in [0.29, 0.717) is 5.75 Å². The molecule has 0 bridgehead atoms. The molecule has 1 atom stereocenters. The van der Waals surface area contributed by atoms with E-state index in [1.807, 2.05) is 0 Å². The summed E-state index contributed by atoms with van der Waals surface area (Å²) in [6.07, 6.45) is 0. The number of hydrogen-bond acceptors (Lipinski definition) is 3. The van der Waals surface area contributed by atoms with E-state index in [9.17, 15) is 4.79 Å². The first-order chi connectivity index (χ1) is 3.18. The molecule has 0 fully saturated rings. The lowest BCUT2D eigenvalue weighted by Gasteiger charge is -1.97. The molecular formula is C3H7NOS2. The summed E-state index contributed by atoms with van der Waals surface area (Å²) in [4.78, 5) is 10.1. The molecule has 4 heteroatoms. The number of carbonyl (C=O) groups is 1. The van der Waals surface area contributed by atoms with Crippen molar-refractivity contribution in [3.8, 4) is 0 Å². The van der Waals surface area contributed by atoms with Gasteiger partial charge in [-0.05, 0) is 0 Å². The van der Waals surface area contributed by atoms with E-state index < -0.39 is 6.04 Å². The van der Waals surface area contributed by atoms with Crippen molar-refractivity contribution in [3.63, 3.8) is 0 Å². The maximum atomic E-state index is 10.1. The van der Waals surface area contributed by atoms with Crippen molar-refractivity contribution in [3.05, 3.63) is 0 Å². The molecule has 0 aromatic carbocycles. The van der Waals surface area contributed by atoms with Crippen LogP contribution in [0.3, 0.4) is 0 Å². The summed E-state index contributed by atoms with van der Waals surface area (Å²) in [5.41, 5.74) is 5.11. The summed E-state index contributed by atoms with van der Waals surface area (Å²) in [6.45, 7) is 0. The topological polar surface area (TPSA) is 43.1 Å². The average Bonchev–Trinajstić information content (AvgIpc) is 1.65. The fourth-order valence-electron chi connectivity index (χ4n) is 0.0781. The number of thiol groups is 2. The average molecular weight is 137 g/mol. The van der Waals surface area contributed by atoms with Crippen LogP contribution in [0.2, 0.25) is 0 Å². The van der Waals surface area contributed by atoms with Crippen molar-refractivity contribution in [1.82, 2.24) is 0 Å². The van der Waals surface area contributed by atoms with Gasteiger partial charge in [-0.25, -0.2) is 0 Å². The van der Waals surface area contributed by atoms with Crippen LogP contribution in [0.15, 0.2) is 0 Å². The van der Waals surface area contributed by atoms with Gasteiger partial charge in [0.25, 0.3) is 0 Å². The zero-order valence-corrected chi connectivity index (χ0v) is 5.45. The van der Waals surface area contributed by atoms with Crippen LogP contribution in [0.5, 0.6) is 0 Å². The Morgan fingerprint density at radius 2 is 2.29 bits per heavy atom. The van der Waals surface area contributed by atoms with Crippen LogP contribution in [0, 0.1) is 0 Å². The summed E-state index contributed by atoms with van der Waals surface area (Å²) < 4.78 is 0. The van der Waals surface area contributed by atoms with E-state index >= 15 is 0 Å². The molecule has 0 unspecified atom stereocenters. The zero-order valence-electron chi connectivity index (χ0n) is 3.66. The first-order valence-corrected chi connectivity index (χ1v) is 2.85. The Hall–Kier alpha value is 0.330. The van der Waals surface area contributed by atoms with Gasteiger partial charge in [-0.3, -0.25) is 4.79 Å². The molecule has 0 heterocycles. The van der Waals surface area contributed by atoms with E-state index in [1.54, 1.807) is 0 Å². The SMILES string of the molecule is N[C@H](CS)C(=O)S. The van der Waals surface area contributed by atoms with Crippen molar-refractivity contribution >= 4 is 30.4 Å². The summed E-state index contributed by atoms with van der Waals surface area (Å²) >= 11 is 7.22. The molecule has 0 saturated heterocycles. The van der Waals surface area contributed by atoms with Crippen molar-refractivity contribution in [2.24, 2.45) is 5.73 Å². The van der Waals surface area contributed by atoms with Gasteiger partial charge in [0.2, 0.25) is 5.12 Å². The van der Waals surface area contributed by atoms with Gasteiger partial charge in [0.15, 0.2) is 0 Å². The highest BCUT2D eigenvalue weighted by molar-refractivity contribution is 7.96. The molecule has 2 N–H and O–H groups in total. The van der Waals surface area contributed by atoms with Gasteiger partial charge >= 0.3 is 0 Å². The smallest absolute Gasteiger partial charge is 0.203 e. The van der Waals surface area contributed by atoms with Crippen LogP contribution in [0.4, 0.5) is 0 Å². The third-order valence-corrected chi connectivity index (χ3v) is 1.24. The van der Waals surface area contributed by atoms with Crippen LogP contribution in [0.25, 0.3) is 0 Å². The highest BCUT2D eigenvalue weighted by Gasteiger charge is 2.03. The molecule has 0 rings (SSSR count). The second-order valence-electron chi connectivity index (χ2n) is 1.13. The highest BCUT2D eigenvalue weighted by Crippen LogP contribution is 1.87. The minimum absolute atomic E-state index is 0.310. The lowest BCUT2D eigenvalue weighted by molar-refractivity contribution is -0.111. The highest BCUT2D eigenvalue weighted by atomic mass is 32.1. The minimum atomic E-state index is -0.508. The van der Waals surface area contributed by atoms with E-state index in [1.165, 1.54) is 0 Å². The van der Waals surface area contributed by atoms with Gasteiger partial charge in [0, 0.05) is 5.75 Å². The fraction of sp³-hybridized carbons (Fsp3) is 0.667. The predicted molar refractivity (Wildman–Crippen MR) is 35.8 cm³/mol. The van der Waals surface area contributed by atoms with Crippen molar-refractivity contribution in [2.45, 2.75) is 6.04 Å². The Kier molecular flexibility index (Phi) is 3.50. The van der Waals surface area contributed by atoms with Crippen LogP contribution in [-0.4, -0.2) is 16.9 Å². The Balaban J connectivity index is 3.34. The van der Waals surface area contributed by atoms with E-state index in [-0.39, 0.29) is 5.12 Å². The molecule has 0 aromatic rings. The van der Waals surface area contributed by atoms with E-state index in [0.717, 1.165) is 0 Å². The monoisotopic (exact) mass is 137 g/mol. The van der Waals surface area contributed by atoms with Gasteiger partial charge in [-0.15, -0.1) is 12.6 Å². The normalized spacial score (nSPS) is 13.6. The number of rotatable bonds is 2. The van der Waals surface area contributed by atoms with Gasteiger partial charge in [0.05, 0.1) is 6.04 Å². The van der Waals surface area contributed by atoms with Crippen LogP contribution < -0.4 is 5.73 Å². The van der Waals surface area contributed by atoms with E-state index in [4.69, 9.17) is 5.73 Å². The van der Waals surface area contributed by atoms with Crippen LogP contribution >= 0.6 is 25.3 Å². The van der Waals surface area contributed by atoms with Gasteiger partial charge in [0.1, 0.15) is 0 Å². The molecule has 0 radical (unpaired) electrons. The zero-order chi connectivity index (χ0) is 5.86. The van der Waals surface area contributed by atoms with Crippen molar-refractivity contribution in [2.75, 3.05) is 5.75 Å². The van der Waals surface area contributed by atoms with Gasteiger partial charge in [-0.1, -0.05) is 0 Å². The first-order valence-electron chi connectivity index (χ1n) is 1.77. The summed E-state index contributed by atoms with van der Waals surface area (Å²) in [7, 11) is 0. The standard InChI is InChI=1S/C3H7NOS2/c4-2(1-6)3(5)7/h2,6H,1,4H2,(H,5,7)/t2-/m1/s1. The predicted octanol–water partition coefficient (Wildman–Crippen LogP) is -0.300. The lowest BCUT2D eigenvalue weighted by atomic mass is 10.4. The van der Waals surface area contributed by atoms with Crippen LogP contribution in [-0.2, 0) is 4.79 Å². The third kappa shape index (κ3) is 2.96. The first kappa shape index (κ1) is 7.33. The molecule has 7 heavy (non-hydrogen) atoms. The number of hydrogen-bond donors (Lipinski definition) is 3. The molecule has 0 spiro atoms. The Bertz CT molecular complexity index is 75.3. The molecule has 0 aromatic heterocycles. The molecule has 2 nitrogen and oxygen atoms in total. The number of carbonyl (C=O) groups excluding carboxylic acids is 1. The number of nitrogens with two attached hydrogens (primary N) is 1. The third-order valence-electron chi connectivity index (χ3n) is 0.514. The maximum Gasteiger partial charge on any atom is 0.203 e. The molecule has 42 valence electrons. The summed E-state index contributed by atoms with van der Waals surface area (Å²) in [5, 5.41) is -0.310. The molecular weight excluding hydrogens is 130 g/mol. The molecule has 0 aliphatic carbocycles. The quantitative estimate of drug-likeness (QED) is 0.457. The molecule has 0 amide bonds. The van der Waals surface area contributed by atoms with Crippen molar-refractivity contribution in [1.29, 1.82) is 0 Å². The fourth-order valence-corrected chi connectivity index (χ4v) is 0.479. The Labute approximate surface area is 53.3 Å².